The van der Waals surface area contributed by atoms with E-state index in [9.17, 15) is 4.79 Å². The quantitative estimate of drug-likeness (QED) is 0.568. The van der Waals surface area contributed by atoms with E-state index < -0.39 is 0 Å². The summed E-state index contributed by atoms with van der Waals surface area (Å²) in [5, 5.41) is 0. The summed E-state index contributed by atoms with van der Waals surface area (Å²) in [6.07, 6.45) is 1.06. The van der Waals surface area contributed by atoms with Gasteiger partial charge in [-0.1, -0.05) is 6.92 Å². The minimum absolute atomic E-state index is 0.193. The Morgan fingerprint density at radius 2 is 2.33 bits per heavy atom. The van der Waals surface area contributed by atoms with Crippen molar-refractivity contribution in [2.45, 2.75) is 19.4 Å². The molecular weight excluding hydrogens is 154 g/mol. The molecule has 2 unspecified atom stereocenters. The molecule has 4 nitrogen and oxygen atoms in total. The minimum atomic E-state index is -0.267. The molecule has 0 aliphatic carbocycles. The number of piperidine rings is 1. The number of primary amides is 1. The van der Waals surface area contributed by atoms with E-state index >= 15 is 0 Å². The molecule has 70 valence electrons. The molecule has 1 rings (SSSR count). The van der Waals surface area contributed by atoms with Crippen molar-refractivity contribution in [3.8, 4) is 0 Å². The predicted octanol–water partition coefficient (Wildman–Crippen LogP) is -0.859. The first kappa shape index (κ1) is 9.48. The smallest absolute Gasteiger partial charge is 0.231 e. The molecule has 0 aromatic carbocycles. The molecule has 1 saturated heterocycles. The number of nitrogens with zero attached hydrogens (tertiary/aromatic N) is 1. The summed E-state index contributed by atoms with van der Waals surface area (Å²) >= 11 is 0. The summed E-state index contributed by atoms with van der Waals surface area (Å²) in [6.45, 7) is 4.23. The van der Waals surface area contributed by atoms with Crippen LogP contribution in [-0.4, -0.2) is 36.5 Å². The van der Waals surface area contributed by atoms with E-state index in [1.807, 2.05) is 4.90 Å². The fraction of sp³-hybridized carbons (Fsp3) is 0.875. The van der Waals surface area contributed by atoms with Crippen LogP contribution in [0.5, 0.6) is 0 Å². The molecule has 2 atom stereocenters. The van der Waals surface area contributed by atoms with Crippen LogP contribution in [0.3, 0.4) is 0 Å². The van der Waals surface area contributed by atoms with Gasteiger partial charge in [0.2, 0.25) is 5.91 Å². The fourth-order valence-corrected chi connectivity index (χ4v) is 1.53. The summed E-state index contributed by atoms with van der Waals surface area (Å²) in [5.74, 6) is 0.297. The van der Waals surface area contributed by atoms with Crippen LogP contribution < -0.4 is 11.5 Å². The molecular formula is C8H17N3O. The zero-order chi connectivity index (χ0) is 9.14. The van der Waals surface area contributed by atoms with Gasteiger partial charge < -0.3 is 11.5 Å². The lowest BCUT2D eigenvalue weighted by Crippen LogP contribution is -2.49. The third-order valence-electron chi connectivity index (χ3n) is 2.48. The second-order valence-corrected chi connectivity index (χ2v) is 3.63. The maximum atomic E-state index is 10.6. The molecule has 0 spiro atoms. The lowest BCUT2D eigenvalue weighted by atomic mass is 9.94. The van der Waals surface area contributed by atoms with Crippen molar-refractivity contribution in [2.24, 2.45) is 17.4 Å². The van der Waals surface area contributed by atoms with Crippen LogP contribution in [0.4, 0.5) is 0 Å². The van der Waals surface area contributed by atoms with E-state index in [1.165, 1.54) is 0 Å². The zero-order valence-electron chi connectivity index (χ0n) is 7.49. The van der Waals surface area contributed by atoms with E-state index in [-0.39, 0.29) is 11.9 Å². The highest BCUT2D eigenvalue weighted by Gasteiger charge is 2.23. The van der Waals surface area contributed by atoms with Crippen molar-refractivity contribution in [2.75, 3.05) is 19.6 Å². The van der Waals surface area contributed by atoms with Crippen molar-refractivity contribution in [1.29, 1.82) is 0 Å². The predicted molar refractivity (Wildman–Crippen MR) is 47.4 cm³/mol. The van der Waals surface area contributed by atoms with Crippen molar-refractivity contribution in [3.05, 3.63) is 0 Å². The zero-order valence-corrected chi connectivity index (χ0v) is 7.49. The van der Waals surface area contributed by atoms with Gasteiger partial charge in [0, 0.05) is 12.6 Å². The van der Waals surface area contributed by atoms with Gasteiger partial charge in [-0.05, 0) is 18.9 Å². The maximum Gasteiger partial charge on any atom is 0.231 e. The first-order chi connectivity index (χ1) is 5.59. The number of nitrogens with two attached hydrogens (primary N) is 2. The van der Waals surface area contributed by atoms with Crippen molar-refractivity contribution >= 4 is 5.91 Å². The summed E-state index contributed by atoms with van der Waals surface area (Å²) in [7, 11) is 0. The van der Waals surface area contributed by atoms with Crippen LogP contribution in [0.15, 0.2) is 0 Å². The highest BCUT2D eigenvalue weighted by molar-refractivity contribution is 5.75. The van der Waals surface area contributed by atoms with Crippen molar-refractivity contribution < 1.29 is 4.79 Å². The molecule has 0 saturated carbocycles. The third kappa shape index (κ3) is 2.46. The standard InChI is InChI=1S/C8H17N3O/c1-6-2-3-11(4-7(6)9)5-8(10)12/h6-7H,2-5,9H2,1H3,(H2,10,12). The highest BCUT2D eigenvalue weighted by Crippen LogP contribution is 2.14. The van der Waals surface area contributed by atoms with Crippen molar-refractivity contribution in [1.82, 2.24) is 4.90 Å². The largest absolute Gasteiger partial charge is 0.369 e. The van der Waals surface area contributed by atoms with Gasteiger partial charge in [-0.2, -0.15) is 0 Å². The molecule has 0 aromatic rings. The van der Waals surface area contributed by atoms with Gasteiger partial charge in [0.25, 0.3) is 0 Å². The van der Waals surface area contributed by atoms with Gasteiger partial charge in [0.15, 0.2) is 0 Å². The average Bonchev–Trinajstić information content (AvgIpc) is 1.96. The van der Waals surface area contributed by atoms with E-state index in [4.69, 9.17) is 11.5 Å². The fourth-order valence-electron chi connectivity index (χ4n) is 1.53. The number of likely N-dealkylation sites (tertiary alicyclic amines) is 1. The summed E-state index contributed by atoms with van der Waals surface area (Å²) < 4.78 is 0. The Morgan fingerprint density at radius 1 is 1.67 bits per heavy atom. The highest BCUT2D eigenvalue weighted by atomic mass is 16.1. The molecule has 1 amide bonds. The van der Waals surface area contributed by atoms with Gasteiger partial charge in [0.1, 0.15) is 0 Å². The van der Waals surface area contributed by atoms with Gasteiger partial charge >= 0.3 is 0 Å². The maximum absolute atomic E-state index is 10.6. The molecule has 1 aliphatic rings. The number of amides is 1. The van der Waals surface area contributed by atoms with Crippen LogP contribution in [0.25, 0.3) is 0 Å². The molecule has 12 heavy (non-hydrogen) atoms. The van der Waals surface area contributed by atoms with Crippen LogP contribution in [0.2, 0.25) is 0 Å². The number of hydrogen-bond donors (Lipinski definition) is 2. The van der Waals surface area contributed by atoms with Gasteiger partial charge in [-0.3, -0.25) is 9.69 Å². The average molecular weight is 171 g/mol. The molecule has 4 heteroatoms. The summed E-state index contributed by atoms with van der Waals surface area (Å²) in [5.41, 5.74) is 10.9. The van der Waals surface area contributed by atoms with Crippen molar-refractivity contribution in [3.63, 3.8) is 0 Å². The van der Waals surface area contributed by atoms with E-state index in [1.54, 1.807) is 0 Å². The van der Waals surface area contributed by atoms with Gasteiger partial charge in [0.05, 0.1) is 6.54 Å². The Hall–Kier alpha value is -0.610. The third-order valence-corrected chi connectivity index (χ3v) is 2.48. The lowest BCUT2D eigenvalue weighted by Gasteiger charge is -2.34. The Kier molecular flexibility index (Phi) is 3.05. The molecule has 0 aromatic heterocycles. The van der Waals surface area contributed by atoms with Crippen LogP contribution in [0, 0.1) is 5.92 Å². The first-order valence-corrected chi connectivity index (χ1v) is 4.36. The monoisotopic (exact) mass is 171 g/mol. The van der Waals surface area contributed by atoms with Crippen LogP contribution in [-0.2, 0) is 4.79 Å². The lowest BCUT2D eigenvalue weighted by molar-refractivity contribution is -0.119. The molecule has 1 aliphatic heterocycles. The van der Waals surface area contributed by atoms with Gasteiger partial charge in [-0.15, -0.1) is 0 Å². The second kappa shape index (κ2) is 3.87. The minimum Gasteiger partial charge on any atom is -0.369 e. The number of rotatable bonds is 2. The Bertz CT molecular complexity index is 172. The molecule has 1 heterocycles. The summed E-state index contributed by atoms with van der Waals surface area (Å²) in [6, 6.07) is 0.193. The number of carbonyl (C=O) groups is 1. The molecule has 4 N–H and O–H groups in total. The van der Waals surface area contributed by atoms with Gasteiger partial charge in [-0.25, -0.2) is 0 Å². The molecule has 1 fully saturated rings. The number of hydrogen-bond acceptors (Lipinski definition) is 3. The molecule has 0 radical (unpaired) electrons. The Balaban J connectivity index is 2.35. The van der Waals surface area contributed by atoms with E-state index in [0.717, 1.165) is 19.5 Å². The topological polar surface area (TPSA) is 72.3 Å². The summed E-state index contributed by atoms with van der Waals surface area (Å²) in [4.78, 5) is 12.6. The normalized spacial score (nSPS) is 31.8. The van der Waals surface area contributed by atoms with E-state index in [2.05, 4.69) is 6.92 Å². The SMILES string of the molecule is CC1CCN(CC(N)=O)CC1N. The second-order valence-electron chi connectivity index (χ2n) is 3.63. The Labute approximate surface area is 72.9 Å². The molecule has 0 bridgehead atoms. The van der Waals surface area contributed by atoms with Crippen LogP contribution >= 0.6 is 0 Å². The van der Waals surface area contributed by atoms with E-state index in [0.29, 0.717) is 12.5 Å². The first-order valence-electron chi connectivity index (χ1n) is 4.36. The Morgan fingerprint density at radius 3 is 2.83 bits per heavy atom. The number of carbonyl (C=O) groups excluding carboxylic acids is 1. The van der Waals surface area contributed by atoms with Crippen LogP contribution in [0.1, 0.15) is 13.3 Å².